The van der Waals surface area contributed by atoms with Gasteiger partial charge in [-0.3, -0.25) is 0 Å². The summed E-state index contributed by atoms with van der Waals surface area (Å²) in [6.07, 6.45) is -3.42. The van der Waals surface area contributed by atoms with E-state index in [2.05, 4.69) is 10.2 Å². The molecule has 0 aliphatic carbocycles. The van der Waals surface area contributed by atoms with E-state index in [1.54, 1.807) is 24.3 Å². The molecule has 0 heterocycles. The van der Waals surface area contributed by atoms with Crippen molar-refractivity contribution in [1.82, 2.24) is 0 Å². The molecule has 2 aromatic rings. The molecule has 0 atom stereocenters. The van der Waals surface area contributed by atoms with Crippen molar-refractivity contribution in [2.24, 2.45) is 10.2 Å². The van der Waals surface area contributed by atoms with Crippen LogP contribution in [0.25, 0.3) is 0 Å². The molecule has 22 heavy (non-hydrogen) atoms. The van der Waals surface area contributed by atoms with E-state index >= 15 is 0 Å². The van der Waals surface area contributed by atoms with E-state index in [-0.39, 0.29) is 0 Å². The Morgan fingerprint density at radius 1 is 0.864 bits per heavy atom. The van der Waals surface area contributed by atoms with Gasteiger partial charge in [-0.2, -0.15) is 23.4 Å². The fourth-order valence-electron chi connectivity index (χ4n) is 1.66. The highest BCUT2D eigenvalue weighted by Gasteiger charge is 2.29. The largest absolute Gasteiger partial charge is 0.494 e. The normalized spacial score (nSPS) is 11.8. The molecule has 3 nitrogen and oxygen atoms in total. The van der Waals surface area contributed by atoms with E-state index in [1.807, 2.05) is 6.92 Å². The zero-order valence-corrected chi connectivity index (χ0v) is 12.0. The van der Waals surface area contributed by atoms with Crippen molar-refractivity contribution in [3.63, 3.8) is 0 Å². The minimum absolute atomic E-state index is 0.360. The first-order chi connectivity index (χ1) is 10.5. The highest BCUT2D eigenvalue weighted by molar-refractivity contribution is 5.43. The van der Waals surface area contributed by atoms with Crippen molar-refractivity contribution in [2.45, 2.75) is 19.5 Å². The lowest BCUT2D eigenvalue weighted by atomic mass is 10.2. The number of hydrogen-bond acceptors (Lipinski definition) is 3. The molecule has 0 aliphatic rings. The van der Waals surface area contributed by atoms with Crippen LogP contribution in [-0.4, -0.2) is 6.61 Å². The summed E-state index contributed by atoms with van der Waals surface area (Å²) in [5.41, 5.74) is 0.256. The number of halogens is 3. The highest BCUT2D eigenvalue weighted by Crippen LogP contribution is 2.30. The first-order valence-electron chi connectivity index (χ1n) is 6.81. The third-order valence-electron chi connectivity index (χ3n) is 2.79. The molecule has 0 aromatic heterocycles. The maximum atomic E-state index is 12.4. The van der Waals surface area contributed by atoms with E-state index in [4.69, 9.17) is 4.74 Å². The summed E-state index contributed by atoms with van der Waals surface area (Å²) in [5, 5.41) is 7.89. The Balaban J connectivity index is 2.02. The van der Waals surface area contributed by atoms with Crippen molar-refractivity contribution >= 4 is 11.4 Å². The average molecular weight is 308 g/mol. The van der Waals surface area contributed by atoms with E-state index in [1.165, 1.54) is 12.1 Å². The average Bonchev–Trinajstić information content (AvgIpc) is 2.51. The van der Waals surface area contributed by atoms with Crippen molar-refractivity contribution in [3.8, 4) is 5.75 Å². The van der Waals surface area contributed by atoms with Gasteiger partial charge in [-0.25, -0.2) is 0 Å². The molecule has 0 amide bonds. The van der Waals surface area contributed by atoms with E-state index < -0.39 is 11.7 Å². The number of ether oxygens (including phenoxy) is 1. The third-order valence-corrected chi connectivity index (χ3v) is 2.79. The molecule has 0 unspecified atom stereocenters. The van der Waals surface area contributed by atoms with Gasteiger partial charge in [0.1, 0.15) is 5.75 Å². The fourth-order valence-corrected chi connectivity index (χ4v) is 1.66. The first kappa shape index (κ1) is 16.0. The zero-order valence-electron chi connectivity index (χ0n) is 12.0. The van der Waals surface area contributed by atoms with E-state index in [9.17, 15) is 13.2 Å². The second kappa shape index (κ2) is 7.06. The molecule has 6 heteroatoms. The summed E-state index contributed by atoms with van der Waals surface area (Å²) >= 11 is 0. The third kappa shape index (κ3) is 4.58. The Hall–Kier alpha value is -2.37. The molecule has 116 valence electrons. The lowest BCUT2D eigenvalue weighted by Crippen LogP contribution is -2.03. The predicted molar refractivity (Wildman–Crippen MR) is 77.8 cm³/mol. The van der Waals surface area contributed by atoms with Gasteiger partial charge in [0.15, 0.2) is 0 Å². The van der Waals surface area contributed by atoms with Crippen LogP contribution in [0.4, 0.5) is 24.5 Å². The first-order valence-corrected chi connectivity index (χ1v) is 6.81. The summed E-state index contributed by atoms with van der Waals surface area (Å²) in [7, 11) is 0. The predicted octanol–water partition coefficient (Wildman–Crippen LogP) is 5.91. The summed E-state index contributed by atoms with van der Waals surface area (Å²) in [6, 6.07) is 11.5. The second-order valence-electron chi connectivity index (χ2n) is 4.59. The molecule has 0 saturated carbocycles. The molecule has 0 radical (unpaired) electrons. The van der Waals surface area contributed by atoms with Gasteiger partial charge < -0.3 is 4.74 Å². The van der Waals surface area contributed by atoms with E-state index in [0.717, 1.165) is 24.3 Å². The smallest absolute Gasteiger partial charge is 0.416 e. The van der Waals surface area contributed by atoms with E-state index in [0.29, 0.717) is 18.0 Å². The molecular formula is C16H15F3N2O. The van der Waals surface area contributed by atoms with Gasteiger partial charge in [-0.15, -0.1) is 0 Å². The van der Waals surface area contributed by atoms with Crippen LogP contribution < -0.4 is 4.74 Å². The van der Waals surface area contributed by atoms with Gasteiger partial charge in [0.05, 0.1) is 23.5 Å². The van der Waals surface area contributed by atoms with Gasteiger partial charge >= 0.3 is 6.18 Å². The molecule has 2 aromatic carbocycles. The maximum Gasteiger partial charge on any atom is 0.416 e. The van der Waals surface area contributed by atoms with Gasteiger partial charge in [0.25, 0.3) is 0 Å². The molecule has 0 spiro atoms. The summed E-state index contributed by atoms with van der Waals surface area (Å²) in [6.45, 7) is 2.67. The fraction of sp³-hybridized carbons (Fsp3) is 0.250. The minimum Gasteiger partial charge on any atom is -0.494 e. The van der Waals surface area contributed by atoms with Gasteiger partial charge in [-0.05, 0) is 55.0 Å². The lowest BCUT2D eigenvalue weighted by molar-refractivity contribution is -0.137. The van der Waals surface area contributed by atoms with Crippen LogP contribution in [0.5, 0.6) is 5.75 Å². The topological polar surface area (TPSA) is 34.0 Å². The Morgan fingerprint density at radius 2 is 1.36 bits per heavy atom. The summed E-state index contributed by atoms with van der Waals surface area (Å²) in [5.74, 6) is 0.746. The van der Waals surface area contributed by atoms with Crippen LogP contribution in [0, 0.1) is 0 Å². The van der Waals surface area contributed by atoms with Crippen LogP contribution >= 0.6 is 0 Å². The van der Waals surface area contributed by atoms with Crippen molar-refractivity contribution < 1.29 is 17.9 Å². The Labute approximate surface area is 126 Å². The molecule has 0 bridgehead atoms. The summed E-state index contributed by atoms with van der Waals surface area (Å²) < 4.78 is 42.7. The molecule has 2 rings (SSSR count). The molecule has 0 aliphatic heterocycles. The number of azo groups is 1. The van der Waals surface area contributed by atoms with Gasteiger partial charge in [0.2, 0.25) is 0 Å². The standard InChI is InChI=1S/C16H15F3N2O/c1-2-11-22-15-9-7-14(8-10-15)21-20-13-5-3-12(4-6-13)16(17,18)19/h3-10H,2,11H2,1H3. The number of hydrogen-bond donors (Lipinski definition) is 0. The molecule has 0 N–H and O–H groups in total. The lowest BCUT2D eigenvalue weighted by Gasteiger charge is -2.05. The Bertz CT molecular complexity index is 619. The molecule has 0 saturated heterocycles. The number of alkyl halides is 3. The van der Waals surface area contributed by atoms with Crippen LogP contribution in [0.2, 0.25) is 0 Å². The number of rotatable bonds is 5. The van der Waals surface area contributed by atoms with Crippen LogP contribution in [-0.2, 0) is 6.18 Å². The quantitative estimate of drug-likeness (QED) is 0.632. The van der Waals surface area contributed by atoms with Crippen LogP contribution in [0.1, 0.15) is 18.9 Å². The minimum atomic E-state index is -4.34. The highest BCUT2D eigenvalue weighted by atomic mass is 19.4. The SMILES string of the molecule is CCCOc1ccc(N=Nc2ccc(C(F)(F)F)cc2)cc1. The van der Waals surface area contributed by atoms with Crippen molar-refractivity contribution in [3.05, 3.63) is 54.1 Å². The monoisotopic (exact) mass is 308 g/mol. The summed E-state index contributed by atoms with van der Waals surface area (Å²) in [4.78, 5) is 0. The zero-order chi connectivity index (χ0) is 16.0. The van der Waals surface area contributed by atoms with Gasteiger partial charge in [-0.1, -0.05) is 6.92 Å². The Morgan fingerprint density at radius 3 is 1.82 bits per heavy atom. The van der Waals surface area contributed by atoms with Gasteiger partial charge in [0, 0.05) is 0 Å². The maximum absolute atomic E-state index is 12.4. The van der Waals surface area contributed by atoms with Crippen molar-refractivity contribution in [2.75, 3.05) is 6.61 Å². The number of benzene rings is 2. The van der Waals surface area contributed by atoms with Crippen LogP contribution in [0.3, 0.4) is 0 Å². The Kier molecular flexibility index (Phi) is 5.14. The van der Waals surface area contributed by atoms with Crippen LogP contribution in [0.15, 0.2) is 58.8 Å². The molecular weight excluding hydrogens is 293 g/mol. The second-order valence-corrected chi connectivity index (χ2v) is 4.59. The molecule has 0 fully saturated rings. The van der Waals surface area contributed by atoms with Crippen molar-refractivity contribution in [1.29, 1.82) is 0 Å². The number of nitrogens with zero attached hydrogens (tertiary/aromatic N) is 2.